The van der Waals surface area contributed by atoms with Crippen LogP contribution in [0.5, 0.6) is 0 Å². The maximum Gasteiger partial charge on any atom is 0.257 e. The molecule has 1 aliphatic rings. The van der Waals surface area contributed by atoms with Gasteiger partial charge in [-0.3, -0.25) is 0 Å². The molecule has 0 bridgehead atoms. The summed E-state index contributed by atoms with van der Waals surface area (Å²) in [6.07, 6.45) is 2.27. The van der Waals surface area contributed by atoms with Gasteiger partial charge in [-0.05, 0) is 12.8 Å². The van der Waals surface area contributed by atoms with E-state index in [1.54, 1.807) is 13.8 Å². The second-order valence-electron chi connectivity index (χ2n) is 4.34. The Balaban J connectivity index is 2.68. The first kappa shape index (κ1) is 9.90. The van der Waals surface area contributed by atoms with E-state index in [4.69, 9.17) is 5.73 Å². The molecule has 0 amide bonds. The molecule has 3 heteroatoms. The third kappa shape index (κ3) is 1.35. The van der Waals surface area contributed by atoms with E-state index in [9.17, 15) is 8.78 Å². The molecule has 0 aliphatic heterocycles. The Morgan fingerprint density at radius 3 is 2.08 bits per heavy atom. The van der Waals surface area contributed by atoms with Gasteiger partial charge in [0.1, 0.15) is 0 Å². The van der Waals surface area contributed by atoms with Crippen molar-refractivity contribution in [2.45, 2.75) is 39.0 Å². The van der Waals surface area contributed by atoms with Crippen molar-refractivity contribution >= 4 is 0 Å². The Labute approximate surface area is 72.3 Å². The highest BCUT2D eigenvalue weighted by Gasteiger charge is 2.53. The zero-order chi connectivity index (χ0) is 9.41. The summed E-state index contributed by atoms with van der Waals surface area (Å²) < 4.78 is 27.1. The van der Waals surface area contributed by atoms with E-state index in [1.165, 1.54) is 0 Å². The molecule has 12 heavy (non-hydrogen) atoms. The van der Waals surface area contributed by atoms with Crippen LogP contribution in [0.15, 0.2) is 0 Å². The predicted molar refractivity (Wildman–Crippen MR) is 45.1 cm³/mol. The summed E-state index contributed by atoms with van der Waals surface area (Å²) in [6, 6.07) is 0. The Kier molecular flexibility index (Phi) is 2.43. The fraction of sp³-hybridized carbons (Fsp3) is 1.00. The molecule has 1 rings (SSSR count). The fourth-order valence-electron chi connectivity index (χ4n) is 1.46. The van der Waals surface area contributed by atoms with E-state index >= 15 is 0 Å². The van der Waals surface area contributed by atoms with Gasteiger partial charge in [0.2, 0.25) is 0 Å². The van der Waals surface area contributed by atoms with Crippen LogP contribution in [-0.4, -0.2) is 12.5 Å². The molecule has 1 aliphatic carbocycles. The topological polar surface area (TPSA) is 26.0 Å². The van der Waals surface area contributed by atoms with Gasteiger partial charge in [0.05, 0.1) is 0 Å². The van der Waals surface area contributed by atoms with Crippen LogP contribution in [0.25, 0.3) is 0 Å². The van der Waals surface area contributed by atoms with E-state index in [0.717, 1.165) is 6.42 Å². The van der Waals surface area contributed by atoms with Crippen molar-refractivity contribution in [1.82, 2.24) is 0 Å². The molecule has 0 spiro atoms. The third-order valence-corrected chi connectivity index (χ3v) is 3.03. The number of nitrogens with two attached hydrogens (primary N) is 1. The quantitative estimate of drug-likeness (QED) is 0.703. The number of rotatable bonds is 3. The average molecular weight is 177 g/mol. The summed E-state index contributed by atoms with van der Waals surface area (Å²) >= 11 is 0. The minimum absolute atomic E-state index is 0.0521. The molecule has 1 saturated carbocycles. The molecule has 72 valence electrons. The van der Waals surface area contributed by atoms with Crippen LogP contribution in [0.1, 0.15) is 33.1 Å². The van der Waals surface area contributed by atoms with Crippen molar-refractivity contribution < 1.29 is 8.78 Å². The summed E-state index contributed by atoms with van der Waals surface area (Å²) in [7, 11) is 0. The summed E-state index contributed by atoms with van der Waals surface area (Å²) in [5, 5.41) is 0. The van der Waals surface area contributed by atoms with Crippen LogP contribution in [0.2, 0.25) is 0 Å². The van der Waals surface area contributed by atoms with Gasteiger partial charge in [0, 0.05) is 17.9 Å². The molecular formula is C9H17F2N. The molecule has 0 heterocycles. The monoisotopic (exact) mass is 177 g/mol. The Hall–Kier alpha value is -0.180. The maximum absolute atomic E-state index is 13.6. The molecule has 2 N–H and O–H groups in total. The average Bonchev–Trinajstić information content (AvgIpc) is 1.82. The van der Waals surface area contributed by atoms with Crippen molar-refractivity contribution in [2.24, 2.45) is 17.1 Å². The van der Waals surface area contributed by atoms with E-state index in [-0.39, 0.29) is 6.54 Å². The van der Waals surface area contributed by atoms with Crippen molar-refractivity contribution in [1.29, 1.82) is 0 Å². The number of alkyl halides is 2. The molecule has 1 nitrogen and oxygen atoms in total. The molecule has 0 saturated heterocycles. The van der Waals surface area contributed by atoms with Gasteiger partial charge in [-0.15, -0.1) is 0 Å². The maximum atomic E-state index is 13.6. The van der Waals surface area contributed by atoms with Crippen molar-refractivity contribution in [3.05, 3.63) is 0 Å². The largest absolute Gasteiger partial charge is 0.330 e. The summed E-state index contributed by atoms with van der Waals surface area (Å²) in [5.41, 5.74) is 4.29. The Bertz CT molecular complexity index is 162. The number of hydrogen-bond acceptors (Lipinski definition) is 1. The molecule has 0 radical (unpaired) electrons. The molecule has 0 aromatic rings. The lowest BCUT2D eigenvalue weighted by Gasteiger charge is -2.42. The molecule has 0 unspecified atom stereocenters. The summed E-state index contributed by atoms with van der Waals surface area (Å²) in [5.74, 6) is -3.00. The lowest BCUT2D eigenvalue weighted by atomic mass is 9.70. The standard InChI is InChI=1S/C9H17F2N/c1-8(2,6-12)9(10,11)7-4-3-5-7/h7H,3-6,12H2,1-2H3. The van der Waals surface area contributed by atoms with Crippen molar-refractivity contribution in [3.63, 3.8) is 0 Å². The van der Waals surface area contributed by atoms with Crippen LogP contribution in [0, 0.1) is 11.3 Å². The zero-order valence-electron chi connectivity index (χ0n) is 7.74. The van der Waals surface area contributed by atoms with E-state index < -0.39 is 17.3 Å². The van der Waals surface area contributed by atoms with Gasteiger partial charge >= 0.3 is 0 Å². The zero-order valence-corrected chi connectivity index (χ0v) is 7.74. The minimum Gasteiger partial charge on any atom is -0.330 e. The molecule has 0 atom stereocenters. The van der Waals surface area contributed by atoms with Gasteiger partial charge in [0.25, 0.3) is 5.92 Å². The van der Waals surface area contributed by atoms with E-state index in [0.29, 0.717) is 12.8 Å². The van der Waals surface area contributed by atoms with Crippen LogP contribution in [-0.2, 0) is 0 Å². The highest BCUT2D eigenvalue weighted by atomic mass is 19.3. The minimum atomic E-state index is -2.58. The molecule has 0 aromatic heterocycles. The van der Waals surface area contributed by atoms with Gasteiger partial charge in [0.15, 0.2) is 0 Å². The van der Waals surface area contributed by atoms with Crippen LogP contribution in [0.4, 0.5) is 8.78 Å². The van der Waals surface area contributed by atoms with Crippen molar-refractivity contribution in [3.8, 4) is 0 Å². The highest BCUT2D eigenvalue weighted by Crippen LogP contribution is 2.49. The first-order chi connectivity index (χ1) is 5.42. The summed E-state index contributed by atoms with van der Waals surface area (Å²) in [4.78, 5) is 0. The lowest BCUT2D eigenvalue weighted by molar-refractivity contribution is -0.166. The molecule has 1 fully saturated rings. The van der Waals surface area contributed by atoms with Crippen molar-refractivity contribution in [2.75, 3.05) is 6.54 Å². The van der Waals surface area contributed by atoms with Gasteiger partial charge in [-0.2, -0.15) is 0 Å². The first-order valence-corrected chi connectivity index (χ1v) is 4.49. The Morgan fingerprint density at radius 2 is 1.83 bits per heavy atom. The lowest BCUT2D eigenvalue weighted by Crippen LogP contribution is -2.49. The van der Waals surface area contributed by atoms with Gasteiger partial charge in [-0.25, -0.2) is 8.78 Å². The SMILES string of the molecule is CC(C)(CN)C(F)(F)C1CCC1. The smallest absolute Gasteiger partial charge is 0.257 e. The van der Waals surface area contributed by atoms with E-state index in [2.05, 4.69) is 0 Å². The fourth-order valence-corrected chi connectivity index (χ4v) is 1.46. The van der Waals surface area contributed by atoms with Gasteiger partial charge < -0.3 is 5.73 Å². The second kappa shape index (κ2) is 2.95. The Morgan fingerprint density at radius 1 is 1.33 bits per heavy atom. The second-order valence-corrected chi connectivity index (χ2v) is 4.34. The molecular weight excluding hydrogens is 160 g/mol. The first-order valence-electron chi connectivity index (χ1n) is 4.49. The number of hydrogen-bond donors (Lipinski definition) is 1. The van der Waals surface area contributed by atoms with Crippen LogP contribution >= 0.6 is 0 Å². The van der Waals surface area contributed by atoms with Crippen LogP contribution < -0.4 is 5.73 Å². The van der Waals surface area contributed by atoms with E-state index in [1.807, 2.05) is 0 Å². The third-order valence-electron chi connectivity index (χ3n) is 3.03. The number of halogens is 2. The highest BCUT2D eigenvalue weighted by molar-refractivity contribution is 4.94. The van der Waals surface area contributed by atoms with Gasteiger partial charge in [-0.1, -0.05) is 20.3 Å². The normalized spacial score (nSPS) is 20.8. The predicted octanol–water partition coefficient (Wildman–Crippen LogP) is 2.41. The summed E-state index contributed by atoms with van der Waals surface area (Å²) in [6.45, 7) is 3.15. The van der Waals surface area contributed by atoms with Crippen LogP contribution in [0.3, 0.4) is 0 Å². The molecule has 0 aromatic carbocycles.